The Morgan fingerprint density at radius 3 is 2.42 bits per heavy atom. The van der Waals surface area contributed by atoms with Gasteiger partial charge in [0.15, 0.2) is 12.4 Å². The molecule has 1 heterocycles. The summed E-state index contributed by atoms with van der Waals surface area (Å²) in [4.78, 5) is 16.3. The summed E-state index contributed by atoms with van der Waals surface area (Å²) in [7, 11) is 0. The van der Waals surface area contributed by atoms with E-state index in [1.807, 2.05) is 57.2 Å². The number of carbonyl (C=O) groups excluding carboxylic acids is 1. The quantitative estimate of drug-likeness (QED) is 0.721. The van der Waals surface area contributed by atoms with Crippen molar-refractivity contribution in [1.82, 2.24) is 10.1 Å². The van der Waals surface area contributed by atoms with Crippen LogP contribution in [0.5, 0.6) is 5.75 Å². The van der Waals surface area contributed by atoms with Gasteiger partial charge < -0.3 is 14.6 Å². The summed E-state index contributed by atoms with van der Waals surface area (Å²) in [6, 6.07) is 14.8. The average molecular weight is 351 g/mol. The third-order valence-electron chi connectivity index (χ3n) is 3.76. The van der Waals surface area contributed by atoms with Crippen molar-refractivity contribution in [2.45, 2.75) is 26.7 Å². The molecule has 3 rings (SSSR count). The fourth-order valence-electron chi connectivity index (χ4n) is 2.26. The minimum absolute atomic E-state index is 0.0642. The number of anilines is 1. The van der Waals surface area contributed by atoms with Crippen LogP contribution >= 0.6 is 0 Å². The van der Waals surface area contributed by atoms with Crippen LogP contribution in [0.4, 0.5) is 5.69 Å². The first-order valence-corrected chi connectivity index (χ1v) is 8.44. The molecule has 6 heteroatoms. The largest absolute Gasteiger partial charge is 0.484 e. The lowest BCUT2D eigenvalue weighted by molar-refractivity contribution is -0.118. The smallest absolute Gasteiger partial charge is 0.262 e. The molecule has 0 aliphatic heterocycles. The van der Waals surface area contributed by atoms with Gasteiger partial charge >= 0.3 is 0 Å². The van der Waals surface area contributed by atoms with Crippen LogP contribution in [0.15, 0.2) is 53.1 Å². The Balaban J connectivity index is 1.55. The highest BCUT2D eigenvalue weighted by Crippen LogP contribution is 2.22. The first-order valence-electron chi connectivity index (χ1n) is 8.44. The van der Waals surface area contributed by atoms with Crippen LogP contribution in [0, 0.1) is 6.92 Å². The molecule has 0 fully saturated rings. The monoisotopic (exact) mass is 351 g/mol. The Hall–Kier alpha value is -3.15. The van der Waals surface area contributed by atoms with Crippen molar-refractivity contribution >= 4 is 11.6 Å². The highest BCUT2D eigenvalue weighted by atomic mass is 16.5. The van der Waals surface area contributed by atoms with E-state index in [0.717, 1.165) is 16.8 Å². The third-order valence-corrected chi connectivity index (χ3v) is 3.76. The number of aryl methyl sites for hydroxylation is 1. The third kappa shape index (κ3) is 4.47. The minimum atomic E-state index is -0.212. The van der Waals surface area contributed by atoms with Crippen molar-refractivity contribution in [1.29, 1.82) is 0 Å². The van der Waals surface area contributed by atoms with Gasteiger partial charge in [0, 0.05) is 17.2 Å². The van der Waals surface area contributed by atoms with Crippen LogP contribution in [-0.4, -0.2) is 22.7 Å². The number of amides is 1. The molecule has 134 valence electrons. The van der Waals surface area contributed by atoms with Crippen molar-refractivity contribution in [2.24, 2.45) is 0 Å². The molecule has 1 N–H and O–H groups in total. The van der Waals surface area contributed by atoms with E-state index in [-0.39, 0.29) is 18.4 Å². The second-order valence-corrected chi connectivity index (χ2v) is 6.34. The predicted octanol–water partition coefficient (Wildman–Crippen LogP) is 4.19. The van der Waals surface area contributed by atoms with Crippen LogP contribution in [0.3, 0.4) is 0 Å². The Bertz CT molecular complexity index is 868. The highest BCUT2D eigenvalue weighted by Gasteiger charge is 2.11. The van der Waals surface area contributed by atoms with Gasteiger partial charge in [0.1, 0.15) is 5.75 Å². The number of rotatable bonds is 6. The van der Waals surface area contributed by atoms with E-state index in [0.29, 0.717) is 17.5 Å². The fourth-order valence-corrected chi connectivity index (χ4v) is 2.26. The van der Waals surface area contributed by atoms with Gasteiger partial charge in [0.2, 0.25) is 0 Å². The number of ether oxygens (including phenoxy) is 1. The van der Waals surface area contributed by atoms with Gasteiger partial charge in [-0.3, -0.25) is 4.79 Å². The van der Waals surface area contributed by atoms with Gasteiger partial charge in [-0.25, -0.2) is 0 Å². The lowest BCUT2D eigenvalue weighted by Crippen LogP contribution is -2.20. The number of nitrogens with one attached hydrogen (secondary N) is 1. The minimum Gasteiger partial charge on any atom is -0.484 e. The lowest BCUT2D eigenvalue weighted by atomic mass is 10.2. The van der Waals surface area contributed by atoms with E-state index in [9.17, 15) is 4.79 Å². The molecule has 0 bridgehead atoms. The maximum absolute atomic E-state index is 12.0. The SMILES string of the molecule is Cc1ccc(NC(=O)COc2ccc(-c3nc(C(C)C)no3)cc2)cc1. The van der Waals surface area contributed by atoms with Crippen molar-refractivity contribution in [2.75, 3.05) is 11.9 Å². The number of hydrogen-bond donors (Lipinski definition) is 1. The maximum atomic E-state index is 12.0. The zero-order valence-corrected chi connectivity index (χ0v) is 15.0. The number of carbonyl (C=O) groups is 1. The molecule has 0 aliphatic carbocycles. The molecule has 0 atom stereocenters. The highest BCUT2D eigenvalue weighted by molar-refractivity contribution is 5.91. The van der Waals surface area contributed by atoms with Gasteiger partial charge in [-0.05, 0) is 43.3 Å². The van der Waals surface area contributed by atoms with Crippen molar-refractivity contribution < 1.29 is 14.1 Å². The molecule has 0 saturated carbocycles. The molecule has 2 aromatic carbocycles. The first kappa shape index (κ1) is 17.7. The number of hydrogen-bond acceptors (Lipinski definition) is 5. The molecule has 0 radical (unpaired) electrons. The fraction of sp³-hybridized carbons (Fsp3) is 0.250. The van der Waals surface area contributed by atoms with Crippen molar-refractivity contribution in [3.8, 4) is 17.2 Å². The summed E-state index contributed by atoms with van der Waals surface area (Å²) < 4.78 is 10.8. The van der Waals surface area contributed by atoms with Crippen LogP contribution in [-0.2, 0) is 4.79 Å². The number of nitrogens with zero attached hydrogens (tertiary/aromatic N) is 2. The van der Waals surface area contributed by atoms with Gasteiger partial charge in [0.25, 0.3) is 11.8 Å². The molecule has 0 unspecified atom stereocenters. The molecule has 6 nitrogen and oxygen atoms in total. The Morgan fingerprint density at radius 2 is 1.81 bits per heavy atom. The maximum Gasteiger partial charge on any atom is 0.262 e. The van der Waals surface area contributed by atoms with Crippen LogP contribution in [0.25, 0.3) is 11.5 Å². The van der Waals surface area contributed by atoms with Gasteiger partial charge in [0.05, 0.1) is 0 Å². The molecular formula is C20H21N3O3. The van der Waals surface area contributed by atoms with E-state index < -0.39 is 0 Å². The number of benzene rings is 2. The second kappa shape index (κ2) is 7.82. The summed E-state index contributed by atoms with van der Waals surface area (Å²) in [5.74, 6) is 1.74. The molecule has 1 amide bonds. The van der Waals surface area contributed by atoms with E-state index in [1.165, 1.54) is 0 Å². The topological polar surface area (TPSA) is 77.2 Å². The van der Waals surface area contributed by atoms with Crippen LogP contribution in [0.2, 0.25) is 0 Å². The molecule has 3 aromatic rings. The zero-order valence-electron chi connectivity index (χ0n) is 15.0. The molecule has 0 saturated heterocycles. The van der Waals surface area contributed by atoms with E-state index in [4.69, 9.17) is 9.26 Å². The van der Waals surface area contributed by atoms with Crippen molar-refractivity contribution in [3.63, 3.8) is 0 Å². The average Bonchev–Trinajstić information content (AvgIpc) is 3.13. The molecule has 26 heavy (non-hydrogen) atoms. The summed E-state index contributed by atoms with van der Waals surface area (Å²) in [5, 5.41) is 6.74. The summed E-state index contributed by atoms with van der Waals surface area (Å²) in [5.41, 5.74) is 2.69. The van der Waals surface area contributed by atoms with Gasteiger partial charge in [-0.15, -0.1) is 0 Å². The zero-order chi connectivity index (χ0) is 18.5. The van der Waals surface area contributed by atoms with Crippen LogP contribution < -0.4 is 10.1 Å². The summed E-state index contributed by atoms with van der Waals surface area (Å²) >= 11 is 0. The number of aromatic nitrogens is 2. The molecule has 0 aliphatic rings. The van der Waals surface area contributed by atoms with E-state index in [1.54, 1.807) is 12.1 Å². The molecule has 0 spiro atoms. The molecule has 1 aromatic heterocycles. The standard InChI is InChI=1S/C20H21N3O3/c1-13(2)19-22-20(26-23-19)15-6-10-17(11-7-15)25-12-18(24)21-16-8-4-14(3)5-9-16/h4-11,13H,12H2,1-3H3,(H,21,24). The normalized spacial score (nSPS) is 10.8. The van der Waals surface area contributed by atoms with Crippen molar-refractivity contribution in [3.05, 3.63) is 59.9 Å². The van der Waals surface area contributed by atoms with Gasteiger partial charge in [-0.1, -0.05) is 36.7 Å². The summed E-state index contributed by atoms with van der Waals surface area (Å²) in [6.45, 7) is 5.95. The Morgan fingerprint density at radius 1 is 1.12 bits per heavy atom. The Labute approximate surface area is 152 Å². The summed E-state index contributed by atoms with van der Waals surface area (Å²) in [6.07, 6.45) is 0. The van der Waals surface area contributed by atoms with Crippen LogP contribution in [0.1, 0.15) is 31.2 Å². The second-order valence-electron chi connectivity index (χ2n) is 6.34. The van der Waals surface area contributed by atoms with E-state index >= 15 is 0 Å². The molecular weight excluding hydrogens is 330 g/mol. The first-order chi connectivity index (χ1) is 12.5. The van der Waals surface area contributed by atoms with E-state index in [2.05, 4.69) is 15.5 Å². The van der Waals surface area contributed by atoms with Gasteiger partial charge in [-0.2, -0.15) is 4.98 Å². The Kier molecular flexibility index (Phi) is 5.31. The lowest BCUT2D eigenvalue weighted by Gasteiger charge is -2.08. The predicted molar refractivity (Wildman–Crippen MR) is 99.1 cm³/mol.